The van der Waals surface area contributed by atoms with Gasteiger partial charge in [-0.2, -0.15) is 0 Å². The molecule has 2 aliphatic rings. The number of rotatable bonds is 3. The van der Waals surface area contributed by atoms with Crippen LogP contribution >= 0.6 is 11.8 Å². The lowest BCUT2D eigenvalue weighted by atomic mass is 9.89. The van der Waals surface area contributed by atoms with Crippen LogP contribution in [0.3, 0.4) is 0 Å². The molecule has 0 spiro atoms. The molecule has 3 rings (SSSR count). The molecule has 0 bridgehead atoms. The monoisotopic (exact) mass is 318 g/mol. The topological polar surface area (TPSA) is 58.2 Å². The van der Waals surface area contributed by atoms with E-state index in [0.29, 0.717) is 11.5 Å². The molecule has 0 saturated heterocycles. The second kappa shape index (κ2) is 6.73. The minimum atomic E-state index is -0.0847. The summed E-state index contributed by atoms with van der Waals surface area (Å²) < 4.78 is 0. The van der Waals surface area contributed by atoms with Gasteiger partial charge in [-0.15, -0.1) is 11.8 Å². The molecular weight excluding hydrogens is 296 g/mol. The summed E-state index contributed by atoms with van der Waals surface area (Å²) in [6.07, 6.45) is 6.32. The fraction of sp³-hybridized carbons (Fsp3) is 0.529. The molecule has 118 valence electrons. The van der Waals surface area contributed by atoms with Crippen LogP contribution in [0.25, 0.3) is 0 Å². The van der Waals surface area contributed by atoms with Crippen molar-refractivity contribution in [2.24, 2.45) is 5.92 Å². The third-order valence-corrected chi connectivity index (χ3v) is 5.63. The number of hydrogen-bond acceptors (Lipinski definition) is 3. The summed E-state index contributed by atoms with van der Waals surface area (Å²) in [5, 5.41) is 5.82. The fourth-order valence-corrected chi connectivity index (χ4v) is 4.01. The van der Waals surface area contributed by atoms with E-state index in [4.69, 9.17) is 0 Å². The van der Waals surface area contributed by atoms with Crippen molar-refractivity contribution in [3.63, 3.8) is 0 Å². The zero-order chi connectivity index (χ0) is 15.5. The van der Waals surface area contributed by atoms with Crippen LogP contribution in [0.15, 0.2) is 23.1 Å². The van der Waals surface area contributed by atoms with Crippen LogP contribution in [-0.2, 0) is 4.79 Å². The summed E-state index contributed by atoms with van der Waals surface area (Å²) in [7, 11) is 0. The van der Waals surface area contributed by atoms with Gasteiger partial charge in [0.1, 0.15) is 0 Å². The first-order chi connectivity index (χ1) is 10.6. The molecule has 1 aliphatic heterocycles. The molecule has 2 N–H and O–H groups in total. The van der Waals surface area contributed by atoms with Gasteiger partial charge in [0.15, 0.2) is 0 Å². The van der Waals surface area contributed by atoms with Crippen LogP contribution in [0.1, 0.15) is 49.4 Å². The van der Waals surface area contributed by atoms with E-state index in [9.17, 15) is 9.59 Å². The number of fused-ring (bicyclic) bond motifs is 1. The van der Waals surface area contributed by atoms with Gasteiger partial charge in [0.05, 0.1) is 10.9 Å². The first-order valence-corrected chi connectivity index (χ1v) is 8.91. The zero-order valence-electron chi connectivity index (χ0n) is 12.9. The highest BCUT2D eigenvalue weighted by molar-refractivity contribution is 8.00. The molecule has 1 saturated carbocycles. The van der Waals surface area contributed by atoms with E-state index in [1.165, 1.54) is 43.9 Å². The van der Waals surface area contributed by atoms with E-state index in [1.807, 2.05) is 19.1 Å². The number of thioether (sulfide) groups is 1. The quantitative estimate of drug-likeness (QED) is 0.897. The Morgan fingerprint density at radius 3 is 2.86 bits per heavy atom. The molecule has 0 unspecified atom stereocenters. The average Bonchev–Trinajstić information content (AvgIpc) is 2.54. The Morgan fingerprint density at radius 2 is 2.09 bits per heavy atom. The molecule has 1 atom stereocenters. The Morgan fingerprint density at radius 1 is 1.32 bits per heavy atom. The van der Waals surface area contributed by atoms with Gasteiger partial charge in [0.2, 0.25) is 5.91 Å². The van der Waals surface area contributed by atoms with E-state index in [2.05, 4.69) is 10.6 Å². The first-order valence-electron chi connectivity index (χ1n) is 8.03. The largest absolute Gasteiger partial charge is 0.352 e. The van der Waals surface area contributed by atoms with Crippen molar-refractivity contribution < 1.29 is 9.59 Å². The summed E-state index contributed by atoms with van der Waals surface area (Å²) in [6.45, 7) is 2.64. The summed E-state index contributed by atoms with van der Waals surface area (Å²) in [6, 6.07) is 5.54. The molecule has 1 aromatic carbocycles. The number of nitrogens with one attached hydrogen (secondary N) is 2. The SMILES string of the molecule is C[C@@H]1Sc2ccc(C(=O)NCC3CCCCC3)cc2NC1=O. The second-order valence-corrected chi connectivity index (χ2v) is 7.56. The van der Waals surface area contributed by atoms with Gasteiger partial charge < -0.3 is 10.6 Å². The van der Waals surface area contributed by atoms with Crippen molar-refractivity contribution in [1.82, 2.24) is 5.32 Å². The lowest BCUT2D eigenvalue weighted by Gasteiger charge is -2.23. The molecular formula is C17H22N2O2S. The van der Waals surface area contributed by atoms with Crippen molar-refractivity contribution in [3.05, 3.63) is 23.8 Å². The molecule has 1 aromatic rings. The normalized spacial score (nSPS) is 21.9. The number of benzene rings is 1. The molecule has 1 heterocycles. The summed E-state index contributed by atoms with van der Waals surface area (Å²) in [5.41, 5.74) is 1.36. The molecule has 0 aromatic heterocycles. The highest BCUT2D eigenvalue weighted by atomic mass is 32.2. The predicted octanol–water partition coefficient (Wildman–Crippen LogP) is 3.43. The van der Waals surface area contributed by atoms with Gasteiger partial charge in [-0.05, 0) is 43.9 Å². The van der Waals surface area contributed by atoms with Gasteiger partial charge in [0, 0.05) is 17.0 Å². The van der Waals surface area contributed by atoms with Crippen molar-refractivity contribution in [1.29, 1.82) is 0 Å². The number of carbonyl (C=O) groups is 2. The minimum Gasteiger partial charge on any atom is -0.352 e. The average molecular weight is 318 g/mol. The Labute approximate surface area is 135 Å². The van der Waals surface area contributed by atoms with Crippen molar-refractivity contribution in [2.45, 2.75) is 49.2 Å². The van der Waals surface area contributed by atoms with Gasteiger partial charge >= 0.3 is 0 Å². The Hall–Kier alpha value is -1.49. The van der Waals surface area contributed by atoms with Crippen LogP contribution in [-0.4, -0.2) is 23.6 Å². The van der Waals surface area contributed by atoms with Crippen molar-refractivity contribution >= 4 is 29.3 Å². The molecule has 22 heavy (non-hydrogen) atoms. The highest BCUT2D eigenvalue weighted by Gasteiger charge is 2.24. The summed E-state index contributed by atoms with van der Waals surface area (Å²) in [4.78, 5) is 25.1. The molecule has 2 amide bonds. The Balaban J connectivity index is 1.63. The Bertz CT molecular complexity index is 582. The smallest absolute Gasteiger partial charge is 0.251 e. The van der Waals surface area contributed by atoms with Crippen LogP contribution in [0.4, 0.5) is 5.69 Å². The maximum Gasteiger partial charge on any atom is 0.251 e. The minimum absolute atomic E-state index is 0.00253. The van der Waals surface area contributed by atoms with E-state index < -0.39 is 0 Å². The maximum atomic E-state index is 12.3. The molecule has 1 fully saturated rings. The van der Waals surface area contributed by atoms with Crippen LogP contribution in [0, 0.1) is 5.92 Å². The van der Waals surface area contributed by atoms with Gasteiger partial charge in [-0.3, -0.25) is 9.59 Å². The lowest BCUT2D eigenvalue weighted by molar-refractivity contribution is -0.115. The van der Waals surface area contributed by atoms with E-state index in [-0.39, 0.29) is 17.1 Å². The Kier molecular flexibility index (Phi) is 4.71. The number of amides is 2. The van der Waals surface area contributed by atoms with Gasteiger partial charge in [-0.25, -0.2) is 0 Å². The zero-order valence-corrected chi connectivity index (χ0v) is 13.7. The third kappa shape index (κ3) is 3.46. The van der Waals surface area contributed by atoms with Crippen LogP contribution < -0.4 is 10.6 Å². The van der Waals surface area contributed by atoms with E-state index >= 15 is 0 Å². The molecule has 1 aliphatic carbocycles. The maximum absolute atomic E-state index is 12.3. The molecule has 0 radical (unpaired) electrons. The number of carbonyl (C=O) groups excluding carboxylic acids is 2. The highest BCUT2D eigenvalue weighted by Crippen LogP contribution is 2.35. The van der Waals surface area contributed by atoms with E-state index in [1.54, 1.807) is 6.07 Å². The standard InChI is InChI=1S/C17H22N2O2S/c1-11-16(20)19-14-9-13(7-8-15(14)22-11)17(21)18-10-12-5-3-2-4-6-12/h7-9,11-12H,2-6,10H2,1H3,(H,18,21)(H,19,20)/t11-/m0/s1. The third-order valence-electron chi connectivity index (χ3n) is 4.45. The number of hydrogen-bond donors (Lipinski definition) is 2. The van der Waals surface area contributed by atoms with Crippen molar-refractivity contribution in [3.8, 4) is 0 Å². The predicted molar refractivity (Wildman–Crippen MR) is 89.3 cm³/mol. The van der Waals surface area contributed by atoms with E-state index in [0.717, 1.165) is 17.1 Å². The first kappa shape index (κ1) is 15.4. The second-order valence-electron chi connectivity index (χ2n) is 6.17. The number of anilines is 1. The molecule has 5 heteroatoms. The fourth-order valence-electron chi connectivity index (χ4n) is 3.08. The van der Waals surface area contributed by atoms with Gasteiger partial charge in [0.25, 0.3) is 5.91 Å². The van der Waals surface area contributed by atoms with Gasteiger partial charge in [-0.1, -0.05) is 19.3 Å². The summed E-state index contributed by atoms with van der Waals surface area (Å²) in [5.74, 6) is 0.565. The lowest BCUT2D eigenvalue weighted by Crippen LogP contribution is -2.31. The van der Waals surface area contributed by atoms with Crippen molar-refractivity contribution in [2.75, 3.05) is 11.9 Å². The summed E-state index contributed by atoms with van der Waals surface area (Å²) >= 11 is 1.53. The van der Waals surface area contributed by atoms with Crippen LogP contribution in [0.2, 0.25) is 0 Å². The van der Waals surface area contributed by atoms with Crippen LogP contribution in [0.5, 0.6) is 0 Å². The molecule has 4 nitrogen and oxygen atoms in total.